The molecule has 1 amide bonds. The van der Waals surface area contributed by atoms with E-state index >= 15 is 0 Å². The molecule has 0 aliphatic carbocycles. The van der Waals surface area contributed by atoms with Gasteiger partial charge in [0, 0.05) is 38.1 Å². The van der Waals surface area contributed by atoms with Crippen LogP contribution in [0, 0.1) is 5.92 Å². The fraction of sp³-hybridized carbons (Fsp3) is 0.348. The van der Waals surface area contributed by atoms with Crippen LogP contribution in [0.1, 0.15) is 28.6 Å². The zero-order valence-electron chi connectivity index (χ0n) is 16.6. The Bertz CT molecular complexity index is 901. The number of nitrogens with zero attached hydrogens (tertiary/aromatic N) is 4. The molecule has 3 heterocycles. The molecule has 1 fully saturated rings. The van der Waals surface area contributed by atoms with Gasteiger partial charge in [-0.3, -0.25) is 14.7 Å². The molecule has 150 valence electrons. The Morgan fingerprint density at radius 1 is 1.21 bits per heavy atom. The highest BCUT2D eigenvalue weighted by Gasteiger charge is 2.35. The molecule has 0 saturated carbocycles. The lowest BCUT2D eigenvalue weighted by Gasteiger charge is -2.42. The van der Waals surface area contributed by atoms with E-state index in [0.717, 1.165) is 37.4 Å². The first kappa shape index (κ1) is 19.7. The molecule has 5 nitrogen and oxygen atoms in total. The maximum atomic E-state index is 13.3. The highest BCUT2D eigenvalue weighted by molar-refractivity contribution is 7.12. The third-order valence-electron chi connectivity index (χ3n) is 5.58. The van der Waals surface area contributed by atoms with E-state index in [2.05, 4.69) is 52.1 Å². The fourth-order valence-corrected chi connectivity index (χ4v) is 4.76. The van der Waals surface area contributed by atoms with Crippen LogP contribution in [0.3, 0.4) is 0 Å². The molecule has 1 aromatic carbocycles. The maximum absolute atomic E-state index is 13.3. The Morgan fingerprint density at radius 3 is 2.76 bits per heavy atom. The molecule has 1 aliphatic heterocycles. The minimum absolute atomic E-state index is 0.0232. The second-order valence-electron chi connectivity index (χ2n) is 7.59. The number of hydrogen-bond acceptors (Lipinski definition) is 5. The lowest BCUT2D eigenvalue weighted by molar-refractivity contribution is 0.0935. The molecule has 0 unspecified atom stereocenters. The van der Waals surface area contributed by atoms with Gasteiger partial charge >= 0.3 is 0 Å². The number of rotatable bonds is 6. The zero-order chi connectivity index (χ0) is 20.1. The average molecular weight is 407 g/mol. The summed E-state index contributed by atoms with van der Waals surface area (Å²) < 4.78 is 0. The number of anilines is 1. The second-order valence-corrected chi connectivity index (χ2v) is 8.53. The van der Waals surface area contributed by atoms with Crippen molar-refractivity contribution < 1.29 is 4.79 Å². The van der Waals surface area contributed by atoms with Crippen LogP contribution in [0.5, 0.6) is 0 Å². The lowest BCUT2D eigenvalue weighted by Crippen LogP contribution is -2.53. The van der Waals surface area contributed by atoms with Crippen molar-refractivity contribution in [3.05, 3.63) is 76.9 Å². The van der Waals surface area contributed by atoms with Gasteiger partial charge in [0.2, 0.25) is 0 Å². The van der Waals surface area contributed by atoms with Crippen LogP contribution in [-0.4, -0.2) is 46.5 Å². The van der Waals surface area contributed by atoms with Gasteiger partial charge in [0.05, 0.1) is 11.1 Å². The summed E-state index contributed by atoms with van der Waals surface area (Å²) >= 11 is 1.48. The van der Waals surface area contributed by atoms with Crippen molar-refractivity contribution in [3.8, 4) is 0 Å². The molecular formula is C23H26N4OS. The van der Waals surface area contributed by atoms with Gasteiger partial charge in [0.25, 0.3) is 5.91 Å². The summed E-state index contributed by atoms with van der Waals surface area (Å²) in [6, 6.07) is 14.5. The van der Waals surface area contributed by atoms with E-state index in [-0.39, 0.29) is 11.9 Å². The summed E-state index contributed by atoms with van der Waals surface area (Å²) in [5, 5.41) is 1.94. The van der Waals surface area contributed by atoms with Crippen LogP contribution < -0.4 is 4.90 Å². The molecule has 6 heteroatoms. The van der Waals surface area contributed by atoms with E-state index in [4.69, 9.17) is 0 Å². The minimum Gasteiger partial charge on any atom is -0.303 e. The van der Waals surface area contributed by atoms with Crippen molar-refractivity contribution in [2.75, 3.05) is 24.5 Å². The smallest absolute Gasteiger partial charge is 0.269 e. The molecule has 4 rings (SSSR count). The van der Waals surface area contributed by atoms with E-state index in [1.54, 1.807) is 18.6 Å². The third kappa shape index (κ3) is 4.71. The van der Waals surface area contributed by atoms with Crippen LogP contribution >= 0.6 is 11.3 Å². The highest BCUT2D eigenvalue weighted by Crippen LogP contribution is 2.28. The molecule has 29 heavy (non-hydrogen) atoms. The predicted octanol–water partition coefficient (Wildman–Crippen LogP) is 4.14. The number of likely N-dealkylation sites (tertiary alicyclic amines) is 1. The van der Waals surface area contributed by atoms with Crippen LogP contribution in [-0.2, 0) is 6.42 Å². The molecular weight excluding hydrogens is 380 g/mol. The van der Waals surface area contributed by atoms with Crippen molar-refractivity contribution in [2.24, 2.45) is 5.92 Å². The van der Waals surface area contributed by atoms with Gasteiger partial charge in [-0.2, -0.15) is 0 Å². The summed E-state index contributed by atoms with van der Waals surface area (Å²) in [5.74, 6) is 1.01. The van der Waals surface area contributed by atoms with E-state index in [1.807, 2.05) is 22.4 Å². The number of hydrogen-bond donors (Lipinski definition) is 0. The number of thiophene rings is 1. The Kier molecular flexibility index (Phi) is 6.32. The van der Waals surface area contributed by atoms with Crippen LogP contribution in [0.15, 0.2) is 66.4 Å². The third-order valence-corrected chi connectivity index (χ3v) is 6.44. The fourth-order valence-electron chi connectivity index (χ4n) is 4.10. The summed E-state index contributed by atoms with van der Waals surface area (Å²) in [6.07, 6.45) is 6.99. The first-order valence-corrected chi connectivity index (χ1v) is 11.0. The highest BCUT2D eigenvalue weighted by atomic mass is 32.1. The molecule has 2 aromatic heterocycles. The van der Waals surface area contributed by atoms with Gasteiger partial charge in [-0.1, -0.05) is 43.3 Å². The van der Waals surface area contributed by atoms with Gasteiger partial charge in [0.15, 0.2) is 5.82 Å². The Morgan fingerprint density at radius 2 is 2.07 bits per heavy atom. The molecule has 1 saturated heterocycles. The molecule has 3 aromatic rings. The number of carbonyl (C=O) groups is 1. The largest absolute Gasteiger partial charge is 0.303 e. The van der Waals surface area contributed by atoms with Gasteiger partial charge in [-0.05, 0) is 35.8 Å². The van der Waals surface area contributed by atoms with Gasteiger partial charge in [-0.25, -0.2) is 4.98 Å². The SMILES string of the molecule is C[C@H]1CN(CCc2ccccc2)CC[C@@H]1N(C(=O)c1cccs1)c1cnccn1. The Hall–Kier alpha value is -2.57. The van der Waals surface area contributed by atoms with Gasteiger partial charge in [0.1, 0.15) is 0 Å². The standard InChI is InChI=1S/C23H26N4OS/c1-18-17-26(13-9-19-6-3-2-4-7-19)14-10-20(18)27(22-16-24-11-12-25-22)23(28)21-8-5-15-29-21/h2-8,11-12,15-16,18,20H,9-10,13-14,17H2,1H3/t18-,20-/m0/s1. The number of benzene rings is 1. The van der Waals surface area contributed by atoms with Crippen molar-refractivity contribution in [1.29, 1.82) is 0 Å². The summed E-state index contributed by atoms with van der Waals surface area (Å²) in [5.41, 5.74) is 1.37. The molecule has 0 N–H and O–H groups in total. The molecule has 0 radical (unpaired) electrons. The number of amides is 1. The van der Waals surface area contributed by atoms with E-state index < -0.39 is 0 Å². The van der Waals surface area contributed by atoms with Crippen molar-refractivity contribution in [3.63, 3.8) is 0 Å². The quantitative estimate of drug-likeness (QED) is 0.617. The normalized spacial score (nSPS) is 19.8. The molecule has 2 atom stereocenters. The number of carbonyl (C=O) groups excluding carboxylic acids is 1. The average Bonchev–Trinajstić information content (AvgIpc) is 3.30. The molecule has 0 bridgehead atoms. The topological polar surface area (TPSA) is 49.3 Å². The minimum atomic E-state index is 0.0232. The van der Waals surface area contributed by atoms with Crippen molar-refractivity contribution in [1.82, 2.24) is 14.9 Å². The second kappa shape index (κ2) is 9.29. The number of piperidine rings is 1. The number of aromatic nitrogens is 2. The Balaban J connectivity index is 1.47. The summed E-state index contributed by atoms with van der Waals surface area (Å²) in [6.45, 7) is 5.25. The van der Waals surface area contributed by atoms with Crippen LogP contribution in [0.25, 0.3) is 0 Å². The van der Waals surface area contributed by atoms with Crippen LogP contribution in [0.4, 0.5) is 5.82 Å². The van der Waals surface area contributed by atoms with Gasteiger partial charge in [-0.15, -0.1) is 11.3 Å². The monoisotopic (exact) mass is 406 g/mol. The van der Waals surface area contributed by atoms with Crippen LogP contribution in [0.2, 0.25) is 0 Å². The van der Waals surface area contributed by atoms with E-state index in [1.165, 1.54) is 16.9 Å². The zero-order valence-corrected chi connectivity index (χ0v) is 17.5. The summed E-state index contributed by atoms with van der Waals surface area (Å²) in [7, 11) is 0. The molecule has 0 spiro atoms. The van der Waals surface area contributed by atoms with Crippen molar-refractivity contribution in [2.45, 2.75) is 25.8 Å². The van der Waals surface area contributed by atoms with Crippen molar-refractivity contribution >= 4 is 23.1 Å². The van der Waals surface area contributed by atoms with Gasteiger partial charge < -0.3 is 4.90 Å². The first-order chi connectivity index (χ1) is 14.2. The van der Waals surface area contributed by atoms with E-state index in [0.29, 0.717) is 11.7 Å². The predicted molar refractivity (Wildman–Crippen MR) is 117 cm³/mol. The summed E-state index contributed by atoms with van der Waals surface area (Å²) in [4.78, 5) is 27.1. The maximum Gasteiger partial charge on any atom is 0.269 e. The molecule has 1 aliphatic rings. The Labute approximate surface area is 176 Å². The first-order valence-electron chi connectivity index (χ1n) is 10.1. The van der Waals surface area contributed by atoms with E-state index in [9.17, 15) is 4.79 Å². The lowest BCUT2D eigenvalue weighted by atomic mass is 9.91.